The monoisotopic (exact) mass is 263 g/mol. The lowest BCUT2D eigenvalue weighted by molar-refractivity contribution is 0.144. The Hall–Kier alpha value is -0.170. The fraction of sp³-hybridized carbons (Fsp3) is 1.00. The molecule has 0 saturated carbocycles. The van der Waals surface area contributed by atoms with Crippen molar-refractivity contribution in [2.24, 2.45) is 5.73 Å². The summed E-state index contributed by atoms with van der Waals surface area (Å²) < 4.78 is 25.8. The van der Waals surface area contributed by atoms with Crippen LogP contribution in [0.2, 0.25) is 0 Å². The van der Waals surface area contributed by atoms with Gasteiger partial charge in [0.2, 0.25) is 10.0 Å². The Morgan fingerprint density at radius 3 is 2.59 bits per heavy atom. The van der Waals surface area contributed by atoms with Crippen LogP contribution in [0.1, 0.15) is 26.2 Å². The minimum atomic E-state index is -3.07. The van der Waals surface area contributed by atoms with E-state index in [1.807, 2.05) is 0 Å². The fourth-order valence-electron chi connectivity index (χ4n) is 2.17. The van der Waals surface area contributed by atoms with E-state index in [-0.39, 0.29) is 5.75 Å². The van der Waals surface area contributed by atoms with Crippen LogP contribution in [0.5, 0.6) is 0 Å². The van der Waals surface area contributed by atoms with Crippen molar-refractivity contribution in [3.63, 3.8) is 0 Å². The van der Waals surface area contributed by atoms with Gasteiger partial charge in [-0.15, -0.1) is 0 Å². The van der Waals surface area contributed by atoms with Crippen LogP contribution in [0.4, 0.5) is 0 Å². The molecule has 0 aliphatic carbocycles. The third-order valence-electron chi connectivity index (χ3n) is 3.46. The molecule has 1 aliphatic heterocycles. The highest BCUT2D eigenvalue weighted by Gasteiger charge is 2.30. The molecule has 0 spiro atoms. The summed E-state index contributed by atoms with van der Waals surface area (Å²) in [5, 5.41) is 0. The van der Waals surface area contributed by atoms with Gasteiger partial charge in [0.1, 0.15) is 0 Å². The summed E-state index contributed by atoms with van der Waals surface area (Å²) in [6.07, 6.45) is 2.44. The number of hydrogen-bond donors (Lipinski definition) is 1. The highest BCUT2D eigenvalue weighted by molar-refractivity contribution is 7.89. The van der Waals surface area contributed by atoms with Crippen molar-refractivity contribution in [1.82, 2.24) is 9.21 Å². The summed E-state index contributed by atoms with van der Waals surface area (Å²) in [6, 6.07) is 0.355. The van der Waals surface area contributed by atoms with Crippen LogP contribution < -0.4 is 5.73 Å². The van der Waals surface area contributed by atoms with Gasteiger partial charge in [-0.3, -0.25) is 0 Å². The number of unbranched alkanes of at least 4 members (excludes halogenated alkanes) is 1. The van der Waals surface area contributed by atoms with E-state index >= 15 is 0 Å². The number of rotatable bonds is 6. The van der Waals surface area contributed by atoms with Gasteiger partial charge in [-0.2, -0.15) is 4.31 Å². The molecule has 1 fully saturated rings. The zero-order chi connectivity index (χ0) is 12.9. The number of nitrogens with two attached hydrogens (primary N) is 1. The quantitative estimate of drug-likeness (QED) is 0.689. The first-order valence-corrected chi connectivity index (χ1v) is 8.00. The van der Waals surface area contributed by atoms with E-state index in [9.17, 15) is 8.42 Å². The molecule has 2 N–H and O–H groups in total. The van der Waals surface area contributed by atoms with Gasteiger partial charge < -0.3 is 10.6 Å². The van der Waals surface area contributed by atoms with E-state index in [1.54, 1.807) is 4.31 Å². The smallest absolute Gasteiger partial charge is 0.214 e. The molecule has 6 heteroatoms. The first kappa shape index (κ1) is 14.9. The molecule has 102 valence electrons. The van der Waals surface area contributed by atoms with Gasteiger partial charge in [-0.1, -0.05) is 6.92 Å². The van der Waals surface area contributed by atoms with Crippen molar-refractivity contribution in [2.75, 3.05) is 39.0 Å². The Balaban J connectivity index is 2.54. The maximum Gasteiger partial charge on any atom is 0.214 e. The van der Waals surface area contributed by atoms with Gasteiger partial charge in [-0.25, -0.2) is 8.42 Å². The van der Waals surface area contributed by atoms with E-state index in [0.29, 0.717) is 32.1 Å². The highest BCUT2D eigenvalue weighted by Crippen LogP contribution is 2.15. The Morgan fingerprint density at radius 1 is 1.29 bits per heavy atom. The lowest BCUT2D eigenvalue weighted by atomic mass is 10.1. The number of nitrogens with zero attached hydrogens (tertiary/aromatic N) is 2. The number of sulfonamides is 1. The average Bonchev–Trinajstić information content (AvgIpc) is 2.29. The Kier molecular flexibility index (Phi) is 5.85. The van der Waals surface area contributed by atoms with Crippen LogP contribution in [0, 0.1) is 0 Å². The third kappa shape index (κ3) is 4.21. The molecular formula is C11H25N3O2S. The van der Waals surface area contributed by atoms with Gasteiger partial charge in [0, 0.05) is 25.7 Å². The molecule has 1 heterocycles. The van der Waals surface area contributed by atoms with E-state index < -0.39 is 10.0 Å². The minimum Gasteiger partial charge on any atom is -0.330 e. The minimum absolute atomic E-state index is 0.240. The van der Waals surface area contributed by atoms with Crippen molar-refractivity contribution in [3.8, 4) is 0 Å². The maximum absolute atomic E-state index is 12.1. The van der Waals surface area contributed by atoms with Crippen molar-refractivity contribution in [1.29, 1.82) is 0 Å². The maximum atomic E-state index is 12.1. The van der Waals surface area contributed by atoms with Crippen LogP contribution in [0.15, 0.2) is 0 Å². The first-order chi connectivity index (χ1) is 8.01. The van der Waals surface area contributed by atoms with E-state index in [1.165, 1.54) is 0 Å². The summed E-state index contributed by atoms with van der Waals surface area (Å²) >= 11 is 0. The molecule has 1 atom stereocenters. The van der Waals surface area contributed by atoms with Gasteiger partial charge in [0.25, 0.3) is 0 Å². The largest absolute Gasteiger partial charge is 0.330 e. The summed E-state index contributed by atoms with van der Waals surface area (Å²) in [5.41, 5.74) is 5.38. The molecule has 1 saturated heterocycles. The van der Waals surface area contributed by atoms with Crippen LogP contribution >= 0.6 is 0 Å². The second-order valence-electron chi connectivity index (χ2n) is 4.71. The van der Waals surface area contributed by atoms with Gasteiger partial charge in [0.15, 0.2) is 0 Å². The molecule has 1 rings (SSSR count). The molecule has 0 aromatic heterocycles. The topological polar surface area (TPSA) is 66.6 Å². The summed E-state index contributed by atoms with van der Waals surface area (Å²) in [4.78, 5) is 2.24. The summed E-state index contributed by atoms with van der Waals surface area (Å²) in [6.45, 7) is 4.76. The van der Waals surface area contributed by atoms with Crippen LogP contribution in [0.25, 0.3) is 0 Å². The molecule has 0 radical (unpaired) electrons. The number of hydrogen-bond acceptors (Lipinski definition) is 4. The molecule has 0 aromatic rings. The second-order valence-corrected chi connectivity index (χ2v) is 6.80. The SMILES string of the molecule is CCC1CN(S(=O)(=O)CCCCN)CCN1C. The summed E-state index contributed by atoms with van der Waals surface area (Å²) in [7, 11) is -1.01. The molecule has 0 aromatic carbocycles. The lowest BCUT2D eigenvalue weighted by Gasteiger charge is -2.38. The third-order valence-corrected chi connectivity index (χ3v) is 5.38. The predicted molar refractivity (Wildman–Crippen MR) is 70.4 cm³/mol. The molecule has 0 amide bonds. The molecule has 0 bridgehead atoms. The first-order valence-electron chi connectivity index (χ1n) is 6.39. The van der Waals surface area contributed by atoms with Crippen LogP contribution in [-0.4, -0.2) is 62.6 Å². The molecule has 17 heavy (non-hydrogen) atoms. The van der Waals surface area contributed by atoms with Gasteiger partial charge in [0.05, 0.1) is 5.75 Å². The highest BCUT2D eigenvalue weighted by atomic mass is 32.2. The molecule has 5 nitrogen and oxygen atoms in total. The van der Waals surface area contributed by atoms with Crippen molar-refractivity contribution in [3.05, 3.63) is 0 Å². The Morgan fingerprint density at radius 2 is 2.00 bits per heavy atom. The summed E-state index contributed by atoms with van der Waals surface area (Å²) in [5.74, 6) is 0.240. The van der Waals surface area contributed by atoms with Crippen LogP contribution in [-0.2, 0) is 10.0 Å². The molecular weight excluding hydrogens is 238 g/mol. The Labute approximate surface area is 105 Å². The normalized spacial score (nSPS) is 24.1. The van der Waals surface area contributed by atoms with Crippen LogP contribution in [0.3, 0.4) is 0 Å². The average molecular weight is 263 g/mol. The molecule has 1 aliphatic rings. The fourth-order valence-corrected chi connectivity index (χ4v) is 3.76. The number of likely N-dealkylation sites (N-methyl/N-ethyl adjacent to an activating group) is 1. The standard InChI is InChI=1S/C11H25N3O2S/c1-3-11-10-14(8-7-13(11)2)17(15,16)9-5-4-6-12/h11H,3-10,12H2,1-2H3. The van der Waals surface area contributed by atoms with Gasteiger partial charge in [-0.05, 0) is 32.9 Å². The van der Waals surface area contributed by atoms with E-state index in [0.717, 1.165) is 19.4 Å². The number of piperazine rings is 1. The second kappa shape index (κ2) is 6.68. The van der Waals surface area contributed by atoms with Crippen molar-refractivity contribution < 1.29 is 8.42 Å². The predicted octanol–water partition coefficient (Wildman–Crippen LogP) is 0.0811. The van der Waals surface area contributed by atoms with Gasteiger partial charge >= 0.3 is 0 Å². The van der Waals surface area contributed by atoms with Crippen molar-refractivity contribution >= 4 is 10.0 Å². The zero-order valence-electron chi connectivity index (χ0n) is 10.9. The van der Waals surface area contributed by atoms with E-state index in [2.05, 4.69) is 18.9 Å². The Bertz CT molecular complexity index is 319. The van der Waals surface area contributed by atoms with Crippen molar-refractivity contribution in [2.45, 2.75) is 32.2 Å². The molecule has 1 unspecified atom stereocenters. The zero-order valence-corrected chi connectivity index (χ0v) is 11.7. The van der Waals surface area contributed by atoms with E-state index in [4.69, 9.17) is 5.73 Å². The lowest BCUT2D eigenvalue weighted by Crippen LogP contribution is -2.53.